The number of aromatic nitrogens is 4. The average molecular weight is 552 g/mol. The highest BCUT2D eigenvalue weighted by molar-refractivity contribution is 14.1. The number of carbonyl (C=O) groups excluding carboxylic acids is 1. The summed E-state index contributed by atoms with van der Waals surface area (Å²) in [5.41, 5.74) is 8.54. The van der Waals surface area contributed by atoms with Crippen molar-refractivity contribution in [3.63, 3.8) is 0 Å². The summed E-state index contributed by atoms with van der Waals surface area (Å²) in [6.07, 6.45) is 2.73. The normalized spacial score (nSPS) is 18.1. The molecule has 1 amide bonds. The number of hydrogen-bond donors (Lipinski definition) is 2. The van der Waals surface area contributed by atoms with Crippen molar-refractivity contribution in [2.75, 3.05) is 25.4 Å². The second kappa shape index (κ2) is 8.43. The van der Waals surface area contributed by atoms with E-state index < -0.39 is 6.10 Å². The molecule has 1 saturated heterocycles. The Morgan fingerprint density at radius 1 is 1.32 bits per heavy atom. The summed E-state index contributed by atoms with van der Waals surface area (Å²) in [7, 11) is 0. The topological polar surface area (TPSA) is 119 Å². The van der Waals surface area contributed by atoms with E-state index in [0.29, 0.717) is 49.6 Å². The van der Waals surface area contributed by atoms with E-state index in [1.165, 1.54) is 11.9 Å². The zero-order chi connectivity index (χ0) is 21.5. The SMILES string of the molecule is Nc1ncnc2c1nc(Sc1cc3c(cc1I)CCO3)n2CCCN1CC(O)CC1=O. The second-order valence-corrected chi connectivity index (χ2v) is 9.79. The van der Waals surface area contributed by atoms with E-state index in [2.05, 4.69) is 44.7 Å². The first-order valence-corrected chi connectivity index (χ1v) is 11.9. The molecule has 9 nitrogen and oxygen atoms in total. The number of nitrogens with zero attached hydrogens (tertiary/aromatic N) is 5. The molecule has 162 valence electrons. The van der Waals surface area contributed by atoms with Crippen molar-refractivity contribution in [1.29, 1.82) is 0 Å². The van der Waals surface area contributed by atoms with Crippen LogP contribution < -0.4 is 10.5 Å². The Balaban J connectivity index is 1.42. The minimum absolute atomic E-state index is 0.00292. The third kappa shape index (κ3) is 4.05. The number of imidazole rings is 1. The minimum Gasteiger partial charge on any atom is -0.493 e. The van der Waals surface area contributed by atoms with Crippen LogP contribution in [0.15, 0.2) is 28.5 Å². The van der Waals surface area contributed by atoms with Crippen molar-refractivity contribution in [2.24, 2.45) is 0 Å². The van der Waals surface area contributed by atoms with Gasteiger partial charge in [-0.25, -0.2) is 15.0 Å². The van der Waals surface area contributed by atoms with Crippen LogP contribution in [-0.2, 0) is 17.8 Å². The Morgan fingerprint density at radius 2 is 2.19 bits per heavy atom. The van der Waals surface area contributed by atoms with Crippen LogP contribution in [0.1, 0.15) is 18.4 Å². The van der Waals surface area contributed by atoms with E-state index in [1.807, 2.05) is 4.57 Å². The van der Waals surface area contributed by atoms with Gasteiger partial charge in [0.05, 0.1) is 19.1 Å². The Bertz CT molecular complexity index is 1170. The smallest absolute Gasteiger partial charge is 0.225 e. The monoisotopic (exact) mass is 552 g/mol. The summed E-state index contributed by atoms with van der Waals surface area (Å²) in [5.74, 6) is 1.27. The van der Waals surface area contributed by atoms with Crippen LogP contribution in [0, 0.1) is 3.57 Å². The van der Waals surface area contributed by atoms with Gasteiger partial charge in [-0.05, 0) is 46.7 Å². The van der Waals surface area contributed by atoms with Gasteiger partial charge in [-0.2, -0.15) is 0 Å². The average Bonchev–Trinajstić information content (AvgIpc) is 3.41. The molecular formula is C20H21IN6O3S. The first-order chi connectivity index (χ1) is 15.0. The molecule has 3 aromatic rings. The molecule has 1 aromatic carbocycles. The number of nitrogens with two attached hydrogens (primary N) is 1. The highest BCUT2D eigenvalue weighted by atomic mass is 127. The number of benzene rings is 1. The van der Waals surface area contributed by atoms with Crippen LogP contribution >= 0.6 is 34.4 Å². The van der Waals surface area contributed by atoms with E-state index in [-0.39, 0.29) is 12.3 Å². The predicted octanol–water partition coefficient (Wildman–Crippen LogP) is 2.08. The fraction of sp³-hybridized carbons (Fsp3) is 0.400. The quantitative estimate of drug-likeness (QED) is 0.447. The van der Waals surface area contributed by atoms with Crippen molar-refractivity contribution in [2.45, 2.75) is 42.0 Å². The summed E-state index contributed by atoms with van der Waals surface area (Å²) in [5, 5.41) is 10.5. The van der Waals surface area contributed by atoms with Gasteiger partial charge in [0.15, 0.2) is 22.1 Å². The summed E-state index contributed by atoms with van der Waals surface area (Å²) in [6, 6.07) is 4.23. The lowest BCUT2D eigenvalue weighted by molar-refractivity contribution is -0.127. The number of aliphatic hydroxyl groups excluding tert-OH is 1. The Kier molecular flexibility index (Phi) is 5.65. The van der Waals surface area contributed by atoms with Crippen molar-refractivity contribution in [3.8, 4) is 5.75 Å². The molecule has 31 heavy (non-hydrogen) atoms. The van der Waals surface area contributed by atoms with Crippen LogP contribution in [0.3, 0.4) is 0 Å². The number of hydrogen-bond acceptors (Lipinski definition) is 8. The number of likely N-dealkylation sites (tertiary alicyclic amines) is 1. The fourth-order valence-electron chi connectivity index (χ4n) is 3.95. The van der Waals surface area contributed by atoms with Crippen molar-refractivity contribution >= 4 is 57.2 Å². The lowest BCUT2D eigenvalue weighted by Crippen LogP contribution is -2.27. The Hall–Kier alpha value is -2.12. The molecule has 2 aliphatic rings. The van der Waals surface area contributed by atoms with Crippen LogP contribution in [0.5, 0.6) is 5.75 Å². The summed E-state index contributed by atoms with van der Waals surface area (Å²) in [4.78, 5) is 27.9. The maximum absolute atomic E-state index is 12.0. The van der Waals surface area contributed by atoms with Gasteiger partial charge in [0.2, 0.25) is 5.91 Å². The standard InChI is InChI=1S/C20H21IN6O3S/c21-13-6-11-2-5-30-14(11)8-15(13)31-20-25-17-18(22)23-10-24-19(17)27(20)4-1-3-26-9-12(28)7-16(26)29/h6,8,10,12,28H,1-5,7,9H2,(H2,22,23,24). The van der Waals surface area contributed by atoms with E-state index in [4.69, 9.17) is 15.5 Å². The number of halogens is 1. The number of carbonyl (C=O) groups is 1. The van der Waals surface area contributed by atoms with Gasteiger partial charge in [0, 0.05) is 34.5 Å². The molecule has 1 atom stereocenters. The molecule has 5 rings (SSSR count). The lowest BCUT2D eigenvalue weighted by Gasteiger charge is -2.16. The van der Waals surface area contributed by atoms with Crippen LogP contribution in [0.2, 0.25) is 0 Å². The Labute approximate surface area is 196 Å². The number of nitrogen functional groups attached to an aromatic ring is 1. The van der Waals surface area contributed by atoms with Crippen molar-refractivity contribution in [3.05, 3.63) is 27.6 Å². The summed E-state index contributed by atoms with van der Waals surface area (Å²) >= 11 is 3.89. The predicted molar refractivity (Wildman–Crippen MR) is 124 cm³/mol. The summed E-state index contributed by atoms with van der Waals surface area (Å²) in [6.45, 7) is 2.30. The molecule has 2 aliphatic heterocycles. The van der Waals surface area contributed by atoms with Crippen molar-refractivity contribution in [1.82, 2.24) is 24.4 Å². The van der Waals surface area contributed by atoms with E-state index in [1.54, 1.807) is 16.7 Å². The molecule has 4 heterocycles. The second-order valence-electron chi connectivity index (χ2n) is 7.62. The van der Waals surface area contributed by atoms with Gasteiger partial charge in [-0.15, -0.1) is 0 Å². The number of amides is 1. The maximum Gasteiger partial charge on any atom is 0.225 e. The molecule has 0 saturated carbocycles. The van der Waals surface area contributed by atoms with Crippen LogP contribution in [0.4, 0.5) is 5.82 Å². The number of aryl methyl sites for hydroxylation is 1. The molecular weight excluding hydrogens is 531 g/mol. The van der Waals surface area contributed by atoms with E-state index in [0.717, 1.165) is 25.8 Å². The largest absolute Gasteiger partial charge is 0.493 e. The van der Waals surface area contributed by atoms with Crippen LogP contribution in [0.25, 0.3) is 11.2 Å². The first kappa shape index (κ1) is 20.8. The zero-order valence-corrected chi connectivity index (χ0v) is 19.6. The first-order valence-electron chi connectivity index (χ1n) is 10.0. The van der Waals surface area contributed by atoms with Crippen molar-refractivity contribution < 1.29 is 14.6 Å². The third-order valence-corrected chi connectivity index (χ3v) is 7.78. The van der Waals surface area contributed by atoms with Gasteiger partial charge in [-0.3, -0.25) is 4.79 Å². The summed E-state index contributed by atoms with van der Waals surface area (Å²) < 4.78 is 8.90. The van der Waals surface area contributed by atoms with Gasteiger partial charge in [0.1, 0.15) is 12.1 Å². The molecule has 0 radical (unpaired) electrons. The van der Waals surface area contributed by atoms with E-state index in [9.17, 15) is 9.90 Å². The highest BCUT2D eigenvalue weighted by Crippen LogP contribution is 2.38. The molecule has 0 spiro atoms. The molecule has 2 aromatic heterocycles. The number of ether oxygens (including phenoxy) is 1. The molecule has 1 fully saturated rings. The number of anilines is 1. The number of fused-ring (bicyclic) bond motifs is 2. The van der Waals surface area contributed by atoms with Gasteiger partial charge < -0.3 is 25.0 Å². The van der Waals surface area contributed by atoms with E-state index >= 15 is 0 Å². The fourth-order valence-corrected chi connectivity index (χ4v) is 5.76. The maximum atomic E-state index is 12.0. The number of β-amino-alcohol motifs (C(OH)–C–C–N with tert-alkyl or cyclic N) is 1. The van der Waals surface area contributed by atoms with Gasteiger partial charge in [0.25, 0.3) is 0 Å². The molecule has 3 N–H and O–H groups in total. The number of rotatable bonds is 6. The Morgan fingerprint density at radius 3 is 3.00 bits per heavy atom. The molecule has 0 bridgehead atoms. The number of aliphatic hydroxyl groups is 1. The molecule has 11 heteroatoms. The minimum atomic E-state index is -0.565. The lowest BCUT2D eigenvalue weighted by atomic mass is 10.2. The van der Waals surface area contributed by atoms with Gasteiger partial charge >= 0.3 is 0 Å². The highest BCUT2D eigenvalue weighted by Gasteiger charge is 2.27. The zero-order valence-electron chi connectivity index (χ0n) is 16.6. The van der Waals surface area contributed by atoms with Gasteiger partial charge in [-0.1, -0.05) is 11.8 Å². The third-order valence-electron chi connectivity index (χ3n) is 5.47. The molecule has 0 aliphatic carbocycles. The molecule has 1 unspecified atom stereocenters. The van der Waals surface area contributed by atoms with Crippen LogP contribution in [-0.4, -0.2) is 61.2 Å².